The van der Waals surface area contributed by atoms with Crippen LogP contribution in [-0.2, 0) is 0 Å². The monoisotopic (exact) mass is 259 g/mol. The highest BCUT2D eigenvalue weighted by Crippen LogP contribution is 2.37. The fourth-order valence-corrected chi connectivity index (χ4v) is 2.61. The van der Waals surface area contributed by atoms with Crippen LogP contribution in [0, 0.1) is 0 Å². The average molecular weight is 260 g/mol. The quantitative estimate of drug-likeness (QED) is 0.897. The van der Waals surface area contributed by atoms with Gasteiger partial charge in [-0.25, -0.2) is 0 Å². The zero-order chi connectivity index (χ0) is 10.8. The molecule has 0 spiro atoms. The summed E-state index contributed by atoms with van der Waals surface area (Å²) in [5, 5.41) is 10.9. The molecular formula is C9H7Cl2N3S. The van der Waals surface area contributed by atoms with Crippen LogP contribution in [0.3, 0.4) is 0 Å². The molecule has 78 valence electrons. The van der Waals surface area contributed by atoms with Gasteiger partial charge in [0, 0.05) is 12.6 Å². The van der Waals surface area contributed by atoms with Crippen LogP contribution in [0.1, 0.15) is 0 Å². The van der Waals surface area contributed by atoms with Gasteiger partial charge in [0.1, 0.15) is 10.2 Å². The van der Waals surface area contributed by atoms with Gasteiger partial charge >= 0.3 is 0 Å². The summed E-state index contributed by atoms with van der Waals surface area (Å²) in [7, 11) is 1.79. The van der Waals surface area contributed by atoms with Crippen LogP contribution in [0.5, 0.6) is 0 Å². The van der Waals surface area contributed by atoms with E-state index in [1.54, 1.807) is 13.1 Å². The Hall–Kier alpha value is -0.840. The molecule has 0 fully saturated rings. The molecule has 0 amide bonds. The van der Waals surface area contributed by atoms with Gasteiger partial charge in [-0.3, -0.25) is 0 Å². The Morgan fingerprint density at radius 2 is 2.07 bits per heavy atom. The molecule has 0 aromatic carbocycles. The molecular weight excluding hydrogens is 253 g/mol. The van der Waals surface area contributed by atoms with Crippen LogP contribution >= 0.6 is 34.5 Å². The highest BCUT2D eigenvalue weighted by atomic mass is 35.5. The molecule has 0 aliphatic rings. The minimum absolute atomic E-state index is 0.631. The predicted octanol–water partition coefficient (Wildman–Crippen LogP) is 3.55. The number of anilines is 1. The fourth-order valence-electron chi connectivity index (χ4n) is 1.12. The molecule has 2 aromatic heterocycles. The number of halogens is 2. The largest absolute Gasteiger partial charge is 0.372 e. The van der Waals surface area contributed by atoms with E-state index in [9.17, 15) is 0 Å². The van der Waals surface area contributed by atoms with Crippen molar-refractivity contribution < 1.29 is 0 Å². The van der Waals surface area contributed by atoms with Crippen molar-refractivity contribution in [2.45, 2.75) is 0 Å². The molecule has 0 aliphatic heterocycles. The highest BCUT2D eigenvalue weighted by Gasteiger charge is 2.09. The van der Waals surface area contributed by atoms with E-state index in [4.69, 9.17) is 23.2 Å². The third-order valence-corrected chi connectivity index (χ3v) is 3.34. The fraction of sp³-hybridized carbons (Fsp3) is 0.111. The zero-order valence-electron chi connectivity index (χ0n) is 7.79. The summed E-state index contributed by atoms with van der Waals surface area (Å²) >= 11 is 13.2. The molecule has 3 nitrogen and oxygen atoms in total. The Morgan fingerprint density at radius 3 is 2.53 bits per heavy atom. The lowest BCUT2D eigenvalue weighted by molar-refractivity contribution is 1.04. The standard InChI is InChI=1S/C9H7Cl2N3S/c1-12-8-3-2-6(13-14-8)5-4-7(10)15-9(5)11/h2-4H,1H3,(H,12,14). The average Bonchev–Trinajstić information content (AvgIpc) is 2.58. The molecule has 1 N–H and O–H groups in total. The van der Waals surface area contributed by atoms with Crippen LogP contribution in [0.2, 0.25) is 8.67 Å². The summed E-state index contributed by atoms with van der Waals surface area (Å²) in [6.45, 7) is 0. The molecule has 0 saturated heterocycles. The molecule has 2 aromatic rings. The van der Waals surface area contributed by atoms with Gasteiger partial charge in [-0.05, 0) is 18.2 Å². The smallest absolute Gasteiger partial charge is 0.148 e. The van der Waals surface area contributed by atoms with Crippen LogP contribution in [0.4, 0.5) is 5.82 Å². The third-order valence-electron chi connectivity index (χ3n) is 1.85. The van der Waals surface area contributed by atoms with Gasteiger partial charge in [0.2, 0.25) is 0 Å². The summed E-state index contributed by atoms with van der Waals surface area (Å²) in [6, 6.07) is 5.48. The van der Waals surface area contributed by atoms with Crippen LogP contribution in [-0.4, -0.2) is 17.2 Å². The van der Waals surface area contributed by atoms with Gasteiger partial charge in [0.15, 0.2) is 0 Å². The Balaban J connectivity index is 2.41. The molecule has 2 rings (SSSR count). The van der Waals surface area contributed by atoms with Crippen LogP contribution in [0.15, 0.2) is 18.2 Å². The number of hydrogen-bond acceptors (Lipinski definition) is 4. The van der Waals surface area contributed by atoms with Crippen molar-refractivity contribution in [1.29, 1.82) is 0 Å². The van der Waals surface area contributed by atoms with E-state index in [1.807, 2.05) is 12.1 Å². The van der Waals surface area contributed by atoms with Crippen molar-refractivity contribution in [2.75, 3.05) is 12.4 Å². The minimum atomic E-state index is 0.631. The van der Waals surface area contributed by atoms with Crippen molar-refractivity contribution in [2.24, 2.45) is 0 Å². The maximum absolute atomic E-state index is 6.00. The van der Waals surface area contributed by atoms with Crippen LogP contribution < -0.4 is 5.32 Å². The lowest BCUT2D eigenvalue weighted by Crippen LogP contribution is -1.94. The van der Waals surface area contributed by atoms with Crippen molar-refractivity contribution in [3.05, 3.63) is 26.9 Å². The molecule has 0 saturated carbocycles. The van der Waals surface area contributed by atoms with Gasteiger partial charge in [0.25, 0.3) is 0 Å². The normalized spacial score (nSPS) is 10.3. The minimum Gasteiger partial charge on any atom is -0.372 e. The lowest BCUT2D eigenvalue weighted by atomic mass is 10.2. The Bertz CT molecular complexity index is 467. The second kappa shape index (κ2) is 4.35. The zero-order valence-corrected chi connectivity index (χ0v) is 10.1. The Kier molecular flexibility index (Phi) is 3.09. The third kappa shape index (κ3) is 2.22. The maximum atomic E-state index is 6.00. The van der Waals surface area contributed by atoms with Gasteiger partial charge in [0.05, 0.1) is 10.0 Å². The van der Waals surface area contributed by atoms with Crippen molar-refractivity contribution in [1.82, 2.24) is 10.2 Å². The van der Waals surface area contributed by atoms with Gasteiger partial charge in [-0.1, -0.05) is 23.2 Å². The summed E-state index contributed by atoms with van der Waals surface area (Å²) in [5.41, 5.74) is 1.55. The summed E-state index contributed by atoms with van der Waals surface area (Å²) < 4.78 is 1.28. The molecule has 2 heterocycles. The molecule has 0 radical (unpaired) electrons. The van der Waals surface area contributed by atoms with E-state index in [0.29, 0.717) is 8.67 Å². The molecule has 0 aliphatic carbocycles. The van der Waals surface area contributed by atoms with Crippen molar-refractivity contribution >= 4 is 40.4 Å². The molecule has 0 unspecified atom stereocenters. The lowest BCUT2D eigenvalue weighted by Gasteiger charge is -1.99. The van der Waals surface area contributed by atoms with E-state index >= 15 is 0 Å². The number of nitrogens with zero attached hydrogens (tertiary/aromatic N) is 2. The highest BCUT2D eigenvalue weighted by molar-refractivity contribution is 7.20. The maximum Gasteiger partial charge on any atom is 0.148 e. The van der Waals surface area contributed by atoms with Crippen molar-refractivity contribution in [3.63, 3.8) is 0 Å². The second-order valence-electron chi connectivity index (χ2n) is 2.79. The van der Waals surface area contributed by atoms with E-state index in [1.165, 1.54) is 11.3 Å². The van der Waals surface area contributed by atoms with Crippen molar-refractivity contribution in [3.8, 4) is 11.3 Å². The molecule has 15 heavy (non-hydrogen) atoms. The topological polar surface area (TPSA) is 37.8 Å². The molecule has 6 heteroatoms. The first-order valence-corrected chi connectivity index (χ1v) is 5.74. The van der Waals surface area contributed by atoms with Crippen LogP contribution in [0.25, 0.3) is 11.3 Å². The first kappa shape index (κ1) is 10.7. The van der Waals surface area contributed by atoms with Gasteiger partial charge in [-0.15, -0.1) is 21.5 Å². The number of thiophene rings is 1. The predicted molar refractivity (Wildman–Crippen MR) is 64.9 cm³/mol. The molecule has 0 atom stereocenters. The SMILES string of the molecule is CNc1ccc(-c2cc(Cl)sc2Cl)nn1. The molecule has 0 bridgehead atoms. The van der Waals surface area contributed by atoms with Gasteiger partial charge in [-0.2, -0.15) is 0 Å². The first-order chi connectivity index (χ1) is 7.20. The van der Waals surface area contributed by atoms with E-state index in [2.05, 4.69) is 15.5 Å². The first-order valence-electron chi connectivity index (χ1n) is 4.17. The number of nitrogens with one attached hydrogen (secondary N) is 1. The van der Waals surface area contributed by atoms with Gasteiger partial charge < -0.3 is 5.32 Å². The Morgan fingerprint density at radius 1 is 1.27 bits per heavy atom. The number of aromatic nitrogens is 2. The summed E-state index contributed by atoms with van der Waals surface area (Å²) in [5.74, 6) is 0.719. The van der Waals surface area contributed by atoms with E-state index < -0.39 is 0 Å². The Labute approximate surface area is 101 Å². The second-order valence-corrected chi connectivity index (χ2v) is 5.08. The number of rotatable bonds is 2. The van der Waals surface area contributed by atoms with E-state index in [0.717, 1.165) is 17.1 Å². The summed E-state index contributed by atoms with van der Waals surface area (Å²) in [4.78, 5) is 0. The summed E-state index contributed by atoms with van der Waals surface area (Å²) in [6.07, 6.45) is 0. The van der Waals surface area contributed by atoms with E-state index in [-0.39, 0.29) is 0 Å². The number of hydrogen-bond donors (Lipinski definition) is 1.